The van der Waals surface area contributed by atoms with Crippen LogP contribution in [-0.4, -0.2) is 52.7 Å². The number of ether oxygens (including phenoxy) is 1. The molecule has 0 amide bonds. The molecule has 0 N–H and O–H groups in total. The van der Waals surface area contributed by atoms with Crippen LogP contribution in [0.4, 0.5) is 0 Å². The van der Waals surface area contributed by atoms with Crippen molar-refractivity contribution in [3.05, 3.63) is 0 Å². The molecule has 0 aliphatic carbocycles. The average molecular weight is 389 g/mol. The predicted molar refractivity (Wildman–Crippen MR) is 117 cm³/mol. The molecule has 0 aromatic heterocycles. The van der Waals surface area contributed by atoms with Gasteiger partial charge < -0.3 is 4.74 Å². The van der Waals surface area contributed by atoms with E-state index >= 15 is 0 Å². The Morgan fingerprint density at radius 1 is 0.720 bits per heavy atom. The Morgan fingerprint density at radius 3 is 1.20 bits per heavy atom. The number of epoxide rings is 1. The Kier molecular flexibility index (Phi) is 7.79. The Balaban J connectivity index is 3.59. The highest BCUT2D eigenvalue weighted by Crippen LogP contribution is 2.72. The molecule has 150 valence electrons. The second-order valence-electron chi connectivity index (χ2n) is 10.2. The van der Waals surface area contributed by atoms with E-state index in [1.54, 1.807) is 0 Å². The molecule has 0 spiro atoms. The topological polar surface area (TPSA) is 19.0 Å². The maximum Gasteiger partial charge on any atom is 0.129 e. The zero-order chi connectivity index (χ0) is 19.9. The van der Waals surface area contributed by atoms with E-state index in [0.717, 1.165) is 0 Å². The smallest absolute Gasteiger partial charge is 0.129 e. The van der Waals surface area contributed by atoms with Gasteiger partial charge in [0.15, 0.2) is 0 Å². The van der Waals surface area contributed by atoms with Crippen LogP contribution in [0.3, 0.4) is 0 Å². The summed E-state index contributed by atoms with van der Waals surface area (Å²) >= 11 is 0. The van der Waals surface area contributed by atoms with E-state index in [-0.39, 0.29) is 4.97 Å². The fourth-order valence-electron chi connectivity index (χ4n) is 4.34. The molecular formula is C20H45N2OPSi. The monoisotopic (exact) mass is 388 g/mol. The largest absolute Gasteiger partial charge is 0.362 e. The molecule has 1 saturated heterocycles. The third-order valence-corrected chi connectivity index (χ3v) is 14.0. The lowest BCUT2D eigenvalue weighted by atomic mass is 10.1. The van der Waals surface area contributed by atoms with Gasteiger partial charge in [-0.15, -0.1) is 0 Å². The summed E-state index contributed by atoms with van der Waals surface area (Å²) in [5.41, 5.74) is 0. The molecule has 25 heavy (non-hydrogen) atoms. The minimum Gasteiger partial charge on any atom is -0.362 e. The minimum atomic E-state index is -1.55. The first-order valence-electron chi connectivity index (χ1n) is 10.2. The van der Waals surface area contributed by atoms with Crippen LogP contribution in [0.5, 0.6) is 0 Å². The Labute approximate surface area is 160 Å². The van der Waals surface area contributed by atoms with Gasteiger partial charge in [-0.3, -0.25) is 9.34 Å². The molecule has 0 aromatic carbocycles. The summed E-state index contributed by atoms with van der Waals surface area (Å²) in [6.07, 6.45) is 0.408. The van der Waals surface area contributed by atoms with E-state index in [4.69, 9.17) is 4.74 Å². The van der Waals surface area contributed by atoms with E-state index in [1.165, 1.54) is 0 Å². The second-order valence-corrected chi connectivity index (χ2v) is 18.0. The molecule has 0 aromatic rings. The van der Waals surface area contributed by atoms with Crippen molar-refractivity contribution in [3.8, 4) is 0 Å². The van der Waals surface area contributed by atoms with Crippen molar-refractivity contribution in [2.24, 2.45) is 5.92 Å². The van der Waals surface area contributed by atoms with Crippen molar-refractivity contribution in [1.82, 2.24) is 9.34 Å². The molecule has 1 aliphatic rings. The molecule has 2 atom stereocenters. The molecule has 3 nitrogen and oxygen atoms in total. The maximum absolute atomic E-state index is 6.76. The van der Waals surface area contributed by atoms with Crippen LogP contribution < -0.4 is 0 Å². The fraction of sp³-hybridized carbons (Fsp3) is 1.00. The van der Waals surface area contributed by atoms with E-state index < -0.39 is 16.3 Å². The van der Waals surface area contributed by atoms with Gasteiger partial charge in [0.1, 0.15) is 4.97 Å². The highest BCUT2D eigenvalue weighted by atomic mass is 31.1. The summed E-state index contributed by atoms with van der Waals surface area (Å²) in [5.74, 6) is 0.582. The number of nitrogens with zero attached hydrogens (tertiary/aromatic N) is 2. The first-order chi connectivity index (χ1) is 11.2. The maximum atomic E-state index is 6.76. The van der Waals surface area contributed by atoms with Crippen molar-refractivity contribution >= 4 is 16.3 Å². The molecule has 1 fully saturated rings. The molecule has 0 unspecified atom stereocenters. The van der Waals surface area contributed by atoms with Crippen LogP contribution in [0.2, 0.25) is 19.6 Å². The molecule has 5 heteroatoms. The third-order valence-electron chi connectivity index (χ3n) is 5.17. The average Bonchev–Trinajstić information content (AvgIpc) is 3.11. The van der Waals surface area contributed by atoms with Gasteiger partial charge in [-0.05, 0) is 61.3 Å². The van der Waals surface area contributed by atoms with E-state index in [9.17, 15) is 0 Å². The molecule has 1 aliphatic heterocycles. The van der Waals surface area contributed by atoms with Crippen LogP contribution in [0.1, 0.15) is 69.2 Å². The van der Waals surface area contributed by atoms with Crippen LogP contribution in [0.25, 0.3) is 0 Å². The molecule has 0 bridgehead atoms. The summed E-state index contributed by atoms with van der Waals surface area (Å²) in [4.78, 5) is 0.0690. The standard InChI is InChI=1S/C20H45N2OPSi/c1-14(2)19-20(23-19,25(11,12)13)24(21(15(3)4)16(5)6)22(17(7)8)18(9)10/h14-19H,1-13H3/t19-,20+/m0/s1. The summed E-state index contributed by atoms with van der Waals surface area (Å²) < 4.78 is 12.3. The summed E-state index contributed by atoms with van der Waals surface area (Å²) in [6.45, 7) is 31.1. The highest BCUT2D eigenvalue weighted by molar-refractivity contribution is 7.58. The normalized spacial score (nSPS) is 25.1. The van der Waals surface area contributed by atoms with Gasteiger partial charge in [-0.25, -0.2) is 0 Å². The summed E-state index contributed by atoms with van der Waals surface area (Å²) in [5, 5.41) is 0. The Morgan fingerprint density at radius 2 is 1.04 bits per heavy atom. The van der Waals surface area contributed by atoms with Gasteiger partial charge in [0.2, 0.25) is 0 Å². The molecule has 1 rings (SSSR count). The van der Waals surface area contributed by atoms with Crippen molar-refractivity contribution in [2.75, 3.05) is 0 Å². The zero-order valence-electron chi connectivity index (χ0n) is 19.2. The molecule has 1 heterocycles. The lowest BCUT2D eigenvalue weighted by molar-refractivity contribution is 0.243. The lowest BCUT2D eigenvalue weighted by Gasteiger charge is -2.52. The van der Waals surface area contributed by atoms with Crippen LogP contribution >= 0.6 is 8.22 Å². The highest BCUT2D eigenvalue weighted by Gasteiger charge is 2.72. The van der Waals surface area contributed by atoms with Crippen molar-refractivity contribution in [2.45, 2.75) is 124 Å². The zero-order valence-corrected chi connectivity index (χ0v) is 21.1. The van der Waals surface area contributed by atoms with E-state index in [1.807, 2.05) is 0 Å². The van der Waals surface area contributed by atoms with E-state index in [0.29, 0.717) is 36.2 Å². The van der Waals surface area contributed by atoms with Crippen molar-refractivity contribution in [3.63, 3.8) is 0 Å². The van der Waals surface area contributed by atoms with Crippen LogP contribution in [0, 0.1) is 5.92 Å². The van der Waals surface area contributed by atoms with Crippen LogP contribution in [0.15, 0.2) is 0 Å². The molecular weight excluding hydrogens is 343 g/mol. The fourth-order valence-corrected chi connectivity index (χ4v) is 12.5. The van der Waals surface area contributed by atoms with E-state index in [2.05, 4.69) is 98.2 Å². The van der Waals surface area contributed by atoms with Gasteiger partial charge in [0.25, 0.3) is 0 Å². The van der Waals surface area contributed by atoms with Gasteiger partial charge in [0.05, 0.1) is 22.4 Å². The van der Waals surface area contributed by atoms with Crippen LogP contribution in [-0.2, 0) is 4.74 Å². The number of rotatable bonds is 9. The SMILES string of the molecule is CC(C)[C@@H]1O[C@]1(P(N(C(C)C)C(C)C)N(C(C)C)C(C)C)[Si](C)(C)C. The molecule has 0 radical (unpaired) electrons. The van der Waals surface area contributed by atoms with Crippen molar-refractivity contribution < 1.29 is 4.74 Å². The summed E-state index contributed by atoms with van der Waals surface area (Å²) in [6, 6.07) is 2.10. The number of hydrogen-bond acceptors (Lipinski definition) is 3. The Hall–Kier alpha value is 0.527. The predicted octanol–water partition coefficient (Wildman–Crippen LogP) is 6.16. The van der Waals surface area contributed by atoms with Gasteiger partial charge >= 0.3 is 0 Å². The third kappa shape index (κ3) is 4.51. The van der Waals surface area contributed by atoms with Crippen molar-refractivity contribution in [1.29, 1.82) is 0 Å². The molecule has 0 saturated carbocycles. The Bertz CT molecular complexity index is 398. The number of hydrogen-bond donors (Lipinski definition) is 0. The first-order valence-corrected chi connectivity index (χ1v) is 15.0. The summed E-state index contributed by atoms with van der Waals surface area (Å²) in [7, 11) is -2.08. The second kappa shape index (κ2) is 8.27. The van der Waals surface area contributed by atoms with Gasteiger partial charge in [-0.2, -0.15) is 0 Å². The lowest BCUT2D eigenvalue weighted by Crippen LogP contribution is -2.54. The quantitative estimate of drug-likeness (QED) is 0.268. The first kappa shape index (κ1) is 23.6. The minimum absolute atomic E-state index is 0.0690. The van der Waals surface area contributed by atoms with Gasteiger partial charge in [-0.1, -0.05) is 33.5 Å². The van der Waals surface area contributed by atoms with Gasteiger partial charge in [0, 0.05) is 24.2 Å².